The summed E-state index contributed by atoms with van der Waals surface area (Å²) in [6.45, 7) is 0.283. The molecule has 2 aliphatic carbocycles. The van der Waals surface area contributed by atoms with E-state index in [1.807, 2.05) is 12.1 Å². The van der Waals surface area contributed by atoms with E-state index in [-0.39, 0.29) is 18.2 Å². The number of hydrogen-bond acceptors (Lipinski definition) is 4. The highest BCUT2D eigenvalue weighted by molar-refractivity contribution is 6.37. The lowest BCUT2D eigenvalue weighted by Crippen LogP contribution is -2.36. The fourth-order valence-corrected chi connectivity index (χ4v) is 5.68. The number of dihydropyridines is 1. The molecule has 1 aliphatic heterocycles. The van der Waals surface area contributed by atoms with E-state index in [0.29, 0.717) is 44.8 Å². The Hall–Kier alpha value is -2.27. The van der Waals surface area contributed by atoms with Crippen LogP contribution in [-0.2, 0) is 16.2 Å². The number of ketones is 2. The van der Waals surface area contributed by atoms with Crippen LogP contribution in [0, 0.1) is 0 Å². The van der Waals surface area contributed by atoms with E-state index < -0.39 is 5.92 Å². The molecule has 1 heterocycles. The van der Waals surface area contributed by atoms with Gasteiger partial charge in [0, 0.05) is 46.3 Å². The van der Waals surface area contributed by atoms with Gasteiger partial charge in [-0.2, -0.15) is 0 Å². The molecule has 0 aromatic heterocycles. The maximum atomic E-state index is 13.0. The molecule has 2 aromatic carbocycles. The molecule has 0 saturated carbocycles. The second-order valence-electron chi connectivity index (χ2n) is 8.62. The van der Waals surface area contributed by atoms with Crippen LogP contribution in [0.25, 0.3) is 0 Å². The van der Waals surface area contributed by atoms with E-state index in [0.717, 1.165) is 48.2 Å². The van der Waals surface area contributed by atoms with Gasteiger partial charge in [-0.15, -0.1) is 0 Å². The number of ether oxygens (including phenoxy) is 1. The molecule has 7 heteroatoms. The number of carbonyl (C=O) groups excluding carboxylic acids is 2. The standard InChI is InChI=1S/C26H22Cl3NO3/c27-16-9-7-14(8-10-16)13-33-26-17(28)11-15(12-18(26)29)23-24-19(3-1-5-21(24)31)30-20-4-2-6-22(32)25(20)23/h7-12,23,30H,1-6,13H2. The van der Waals surface area contributed by atoms with Gasteiger partial charge in [-0.25, -0.2) is 0 Å². The van der Waals surface area contributed by atoms with Gasteiger partial charge in [0.25, 0.3) is 0 Å². The van der Waals surface area contributed by atoms with Crippen molar-refractivity contribution in [3.63, 3.8) is 0 Å². The van der Waals surface area contributed by atoms with Gasteiger partial charge in [0.1, 0.15) is 6.61 Å². The number of Topliss-reactive ketones (excluding diaryl/α,β-unsaturated/α-hetero) is 2. The number of carbonyl (C=O) groups is 2. The highest BCUT2D eigenvalue weighted by atomic mass is 35.5. The molecule has 170 valence electrons. The molecule has 0 fully saturated rings. The van der Waals surface area contributed by atoms with Gasteiger partial charge >= 0.3 is 0 Å². The van der Waals surface area contributed by atoms with E-state index >= 15 is 0 Å². The van der Waals surface area contributed by atoms with E-state index in [9.17, 15) is 9.59 Å². The van der Waals surface area contributed by atoms with Gasteiger partial charge in [-0.1, -0.05) is 46.9 Å². The lowest BCUT2D eigenvalue weighted by Gasteiger charge is -2.37. The summed E-state index contributed by atoms with van der Waals surface area (Å²) < 4.78 is 5.91. The summed E-state index contributed by atoms with van der Waals surface area (Å²) in [5.74, 6) is 0.0828. The Labute approximate surface area is 207 Å². The lowest BCUT2D eigenvalue weighted by molar-refractivity contribution is -0.116. The molecule has 0 atom stereocenters. The highest BCUT2D eigenvalue weighted by Crippen LogP contribution is 2.47. The van der Waals surface area contributed by atoms with E-state index in [1.165, 1.54) is 0 Å². The number of hydrogen-bond donors (Lipinski definition) is 1. The summed E-state index contributed by atoms with van der Waals surface area (Å²) in [6.07, 6.45) is 4.19. The van der Waals surface area contributed by atoms with Crippen LogP contribution in [-0.4, -0.2) is 11.6 Å². The first kappa shape index (κ1) is 22.5. The van der Waals surface area contributed by atoms with Crippen molar-refractivity contribution in [1.82, 2.24) is 5.32 Å². The summed E-state index contributed by atoms with van der Waals surface area (Å²) >= 11 is 19.2. The zero-order valence-corrected chi connectivity index (χ0v) is 20.1. The van der Waals surface area contributed by atoms with Crippen molar-refractivity contribution in [2.75, 3.05) is 0 Å². The van der Waals surface area contributed by atoms with Crippen LogP contribution < -0.4 is 10.1 Å². The molecular formula is C26H22Cl3NO3. The van der Waals surface area contributed by atoms with Crippen molar-refractivity contribution in [3.05, 3.63) is 85.1 Å². The van der Waals surface area contributed by atoms with Crippen molar-refractivity contribution in [2.45, 2.75) is 51.0 Å². The van der Waals surface area contributed by atoms with E-state index in [4.69, 9.17) is 39.5 Å². The van der Waals surface area contributed by atoms with Gasteiger partial charge in [0.2, 0.25) is 0 Å². The molecule has 2 aromatic rings. The van der Waals surface area contributed by atoms with Crippen LogP contribution in [0.3, 0.4) is 0 Å². The largest absolute Gasteiger partial charge is 0.486 e. The van der Waals surface area contributed by atoms with Crippen LogP contribution in [0.5, 0.6) is 5.75 Å². The average molecular weight is 503 g/mol. The second kappa shape index (κ2) is 9.17. The Kier molecular flexibility index (Phi) is 6.26. The maximum absolute atomic E-state index is 13.0. The van der Waals surface area contributed by atoms with Crippen molar-refractivity contribution >= 4 is 46.4 Å². The Balaban J connectivity index is 1.52. The molecule has 0 radical (unpaired) electrons. The molecule has 1 N–H and O–H groups in total. The van der Waals surface area contributed by atoms with Crippen molar-refractivity contribution < 1.29 is 14.3 Å². The average Bonchev–Trinajstić information content (AvgIpc) is 2.79. The number of allylic oxidation sites excluding steroid dienone is 4. The third-order valence-electron chi connectivity index (χ3n) is 6.44. The molecule has 0 spiro atoms. The fourth-order valence-electron chi connectivity index (χ4n) is 4.94. The summed E-state index contributed by atoms with van der Waals surface area (Å²) in [5, 5.41) is 4.77. The predicted octanol–water partition coefficient (Wildman–Crippen LogP) is 6.93. The van der Waals surface area contributed by atoms with Crippen LogP contribution in [0.1, 0.15) is 55.6 Å². The summed E-state index contributed by atoms with van der Waals surface area (Å²) in [5.41, 5.74) is 4.89. The van der Waals surface area contributed by atoms with Gasteiger partial charge < -0.3 is 10.1 Å². The number of benzene rings is 2. The maximum Gasteiger partial charge on any atom is 0.161 e. The SMILES string of the molecule is O=C1CCCC2=C1C(c1cc(Cl)c(OCc3ccc(Cl)cc3)c(Cl)c1)C1=C(CCCC1=O)N2. The van der Waals surface area contributed by atoms with Gasteiger partial charge in [0.15, 0.2) is 17.3 Å². The zero-order valence-electron chi connectivity index (χ0n) is 17.8. The topological polar surface area (TPSA) is 55.4 Å². The molecule has 4 nitrogen and oxygen atoms in total. The lowest BCUT2D eigenvalue weighted by atomic mass is 9.71. The normalized spacial score (nSPS) is 18.8. The van der Waals surface area contributed by atoms with Crippen molar-refractivity contribution in [3.8, 4) is 5.75 Å². The summed E-state index contributed by atoms with van der Waals surface area (Å²) in [4.78, 5) is 26.0. The Morgan fingerprint density at radius 1 is 0.818 bits per heavy atom. The van der Waals surface area contributed by atoms with Crippen molar-refractivity contribution in [1.29, 1.82) is 0 Å². The summed E-state index contributed by atoms with van der Waals surface area (Å²) in [6, 6.07) is 10.9. The third-order valence-corrected chi connectivity index (χ3v) is 7.26. The van der Waals surface area contributed by atoms with Crippen LogP contribution in [0.15, 0.2) is 58.9 Å². The molecule has 0 saturated heterocycles. The quantitative estimate of drug-likeness (QED) is 0.493. The number of rotatable bonds is 4. The van der Waals surface area contributed by atoms with Crippen molar-refractivity contribution in [2.24, 2.45) is 0 Å². The number of halogens is 3. The molecule has 33 heavy (non-hydrogen) atoms. The first-order valence-electron chi connectivity index (χ1n) is 11.1. The molecule has 3 aliphatic rings. The minimum absolute atomic E-state index is 0.0778. The fraction of sp³-hybridized carbons (Fsp3) is 0.308. The number of nitrogens with one attached hydrogen (secondary N) is 1. The predicted molar refractivity (Wildman–Crippen MR) is 130 cm³/mol. The van der Waals surface area contributed by atoms with E-state index in [1.54, 1.807) is 24.3 Å². The smallest absolute Gasteiger partial charge is 0.161 e. The second-order valence-corrected chi connectivity index (χ2v) is 9.88. The van der Waals surface area contributed by atoms with Crippen LogP contribution >= 0.6 is 34.8 Å². The third kappa shape index (κ3) is 4.32. The van der Waals surface area contributed by atoms with Gasteiger partial charge in [-0.05, 0) is 61.1 Å². The molecule has 5 rings (SSSR count). The minimum atomic E-state index is -0.447. The molecule has 0 unspecified atom stereocenters. The Bertz CT molecular complexity index is 1150. The first-order chi connectivity index (χ1) is 15.9. The van der Waals surface area contributed by atoms with Crippen LogP contribution in [0.4, 0.5) is 0 Å². The summed E-state index contributed by atoms with van der Waals surface area (Å²) in [7, 11) is 0. The van der Waals surface area contributed by atoms with E-state index in [2.05, 4.69) is 5.32 Å². The molecule has 0 bridgehead atoms. The molecule has 0 amide bonds. The first-order valence-corrected chi connectivity index (χ1v) is 12.2. The minimum Gasteiger partial charge on any atom is -0.486 e. The zero-order chi connectivity index (χ0) is 23.1. The molecular weight excluding hydrogens is 481 g/mol. The van der Waals surface area contributed by atoms with Gasteiger partial charge in [0.05, 0.1) is 10.0 Å². The Morgan fingerprint density at radius 3 is 1.91 bits per heavy atom. The monoisotopic (exact) mass is 501 g/mol. The Morgan fingerprint density at radius 2 is 1.36 bits per heavy atom. The van der Waals surface area contributed by atoms with Crippen LogP contribution in [0.2, 0.25) is 15.1 Å². The van der Waals surface area contributed by atoms with Gasteiger partial charge in [-0.3, -0.25) is 9.59 Å². The highest BCUT2D eigenvalue weighted by Gasteiger charge is 2.40.